The van der Waals surface area contributed by atoms with Crippen LogP contribution in [-0.4, -0.2) is 4.37 Å². The molecule has 7 heteroatoms. The Kier molecular flexibility index (Phi) is 4.50. The van der Waals surface area contributed by atoms with E-state index in [1.807, 2.05) is 30.3 Å². The van der Waals surface area contributed by atoms with Crippen molar-refractivity contribution in [2.24, 2.45) is 0 Å². The maximum atomic E-state index is 6.13. The van der Waals surface area contributed by atoms with Gasteiger partial charge in [-0.05, 0) is 23.7 Å². The highest BCUT2D eigenvalue weighted by Gasteiger charge is 2.31. The summed E-state index contributed by atoms with van der Waals surface area (Å²) < 4.78 is 3.31. The van der Waals surface area contributed by atoms with Gasteiger partial charge in [-0.3, -0.25) is 0 Å². The number of hydrogen-bond donors (Lipinski definition) is 0. The van der Waals surface area contributed by atoms with Crippen LogP contribution in [0.15, 0.2) is 39.4 Å². The lowest BCUT2D eigenvalue weighted by Gasteiger charge is -2.07. The molecular formula is C10H5Cl4NS2. The van der Waals surface area contributed by atoms with Crippen LogP contribution in [-0.2, 0) is 3.79 Å². The number of alkyl halides is 3. The van der Waals surface area contributed by atoms with E-state index in [1.54, 1.807) is 0 Å². The number of benzene rings is 1. The van der Waals surface area contributed by atoms with Crippen molar-refractivity contribution in [1.29, 1.82) is 0 Å². The zero-order valence-electron chi connectivity index (χ0n) is 8.16. The van der Waals surface area contributed by atoms with Crippen molar-refractivity contribution < 1.29 is 0 Å². The maximum absolute atomic E-state index is 6.13. The van der Waals surface area contributed by atoms with Crippen LogP contribution in [0, 0.1) is 0 Å². The van der Waals surface area contributed by atoms with E-state index < -0.39 is 3.79 Å². The predicted octanol–water partition coefficient (Wildman–Crippen LogP) is 5.77. The summed E-state index contributed by atoms with van der Waals surface area (Å²) in [5.74, 6) is 0. The lowest BCUT2D eigenvalue weighted by atomic mass is 10.4. The molecule has 0 saturated carbocycles. The third kappa shape index (κ3) is 3.43. The average molecular weight is 345 g/mol. The normalized spacial score (nSPS) is 11.8. The molecule has 0 aliphatic carbocycles. The van der Waals surface area contributed by atoms with E-state index >= 15 is 0 Å². The van der Waals surface area contributed by atoms with Crippen molar-refractivity contribution >= 4 is 69.7 Å². The highest BCUT2D eigenvalue weighted by Crippen LogP contribution is 2.47. The van der Waals surface area contributed by atoms with E-state index in [0.717, 1.165) is 9.10 Å². The third-order valence-electron chi connectivity index (χ3n) is 1.83. The van der Waals surface area contributed by atoms with Gasteiger partial charge in [-0.25, -0.2) is 0 Å². The molecule has 90 valence electrons. The maximum Gasteiger partial charge on any atom is 0.235 e. The first-order valence-corrected chi connectivity index (χ1v) is 7.54. The van der Waals surface area contributed by atoms with E-state index in [2.05, 4.69) is 4.37 Å². The Morgan fingerprint density at radius 1 is 1.12 bits per heavy atom. The summed E-state index contributed by atoms with van der Waals surface area (Å²) in [6.45, 7) is 0. The van der Waals surface area contributed by atoms with Crippen molar-refractivity contribution in [3.8, 4) is 0 Å². The molecule has 1 nitrogen and oxygen atoms in total. The monoisotopic (exact) mass is 343 g/mol. The first-order valence-electron chi connectivity index (χ1n) is 4.44. The van der Waals surface area contributed by atoms with Gasteiger partial charge in [-0.2, -0.15) is 4.37 Å². The minimum absolute atomic E-state index is 0.285. The van der Waals surface area contributed by atoms with Gasteiger partial charge in [0.2, 0.25) is 3.79 Å². The van der Waals surface area contributed by atoms with Crippen LogP contribution in [0.5, 0.6) is 0 Å². The standard InChI is InChI=1S/C10H5Cl4NS2/c11-7-8(10(12,13)14)15-17-9(7)16-6-4-2-1-3-5-6/h1-5H. The fraction of sp³-hybridized carbons (Fsp3) is 0.100. The topological polar surface area (TPSA) is 12.9 Å². The lowest BCUT2D eigenvalue weighted by Crippen LogP contribution is -2.00. The molecular weight excluding hydrogens is 340 g/mol. The van der Waals surface area contributed by atoms with Gasteiger partial charge in [0.25, 0.3) is 0 Å². The summed E-state index contributed by atoms with van der Waals surface area (Å²) in [7, 11) is 0. The highest BCUT2D eigenvalue weighted by molar-refractivity contribution is 8.01. The lowest BCUT2D eigenvalue weighted by molar-refractivity contribution is 1.16. The number of aromatic nitrogens is 1. The summed E-state index contributed by atoms with van der Waals surface area (Å²) in [6.07, 6.45) is 0. The van der Waals surface area contributed by atoms with Gasteiger partial charge >= 0.3 is 0 Å². The zero-order valence-corrected chi connectivity index (χ0v) is 12.8. The van der Waals surface area contributed by atoms with Crippen molar-refractivity contribution in [3.05, 3.63) is 41.0 Å². The van der Waals surface area contributed by atoms with Crippen LogP contribution in [0.2, 0.25) is 5.02 Å². The first-order chi connectivity index (χ1) is 7.98. The Morgan fingerprint density at radius 2 is 1.76 bits per heavy atom. The summed E-state index contributed by atoms with van der Waals surface area (Å²) in [6, 6.07) is 9.82. The summed E-state index contributed by atoms with van der Waals surface area (Å²) >= 11 is 26.1. The predicted molar refractivity (Wildman–Crippen MR) is 76.9 cm³/mol. The van der Waals surface area contributed by atoms with E-state index in [1.165, 1.54) is 23.3 Å². The molecule has 0 saturated heterocycles. The molecule has 2 rings (SSSR count). The van der Waals surface area contributed by atoms with Crippen LogP contribution in [0.4, 0.5) is 0 Å². The fourth-order valence-corrected chi connectivity index (χ4v) is 4.08. The van der Waals surface area contributed by atoms with Crippen LogP contribution >= 0.6 is 69.7 Å². The van der Waals surface area contributed by atoms with Gasteiger partial charge in [-0.15, -0.1) is 0 Å². The van der Waals surface area contributed by atoms with E-state index in [9.17, 15) is 0 Å². The van der Waals surface area contributed by atoms with E-state index in [4.69, 9.17) is 46.4 Å². The molecule has 0 aliphatic heterocycles. The first kappa shape index (κ1) is 13.8. The van der Waals surface area contributed by atoms with Gasteiger partial charge in [0, 0.05) is 4.90 Å². The number of halogens is 4. The average Bonchev–Trinajstić information content (AvgIpc) is 2.61. The highest BCUT2D eigenvalue weighted by atomic mass is 35.6. The minimum atomic E-state index is -1.58. The Bertz CT molecular complexity index is 507. The molecule has 0 unspecified atom stereocenters. The largest absolute Gasteiger partial charge is 0.235 e. The zero-order chi connectivity index (χ0) is 12.5. The molecule has 0 aliphatic rings. The van der Waals surface area contributed by atoms with Crippen molar-refractivity contribution in [1.82, 2.24) is 4.37 Å². The van der Waals surface area contributed by atoms with Gasteiger partial charge in [0.1, 0.15) is 9.90 Å². The molecule has 1 heterocycles. The Morgan fingerprint density at radius 3 is 2.29 bits per heavy atom. The quantitative estimate of drug-likeness (QED) is 0.641. The van der Waals surface area contributed by atoms with Crippen molar-refractivity contribution in [3.63, 3.8) is 0 Å². The van der Waals surface area contributed by atoms with Crippen LogP contribution in [0.3, 0.4) is 0 Å². The minimum Gasteiger partial charge on any atom is -0.190 e. The van der Waals surface area contributed by atoms with Crippen LogP contribution < -0.4 is 0 Å². The smallest absolute Gasteiger partial charge is 0.190 e. The SMILES string of the molecule is Clc1c(C(Cl)(Cl)Cl)nsc1Sc1ccccc1. The van der Waals surface area contributed by atoms with Crippen LogP contribution in [0.1, 0.15) is 5.69 Å². The van der Waals surface area contributed by atoms with Crippen LogP contribution in [0.25, 0.3) is 0 Å². The molecule has 1 aromatic heterocycles. The molecule has 0 amide bonds. The molecule has 0 N–H and O–H groups in total. The molecule has 0 bridgehead atoms. The summed E-state index contributed by atoms with van der Waals surface area (Å²) in [4.78, 5) is 1.06. The molecule has 2 aromatic rings. The second-order valence-corrected chi connectivity index (χ2v) is 7.82. The third-order valence-corrected chi connectivity index (χ3v) is 4.97. The molecule has 17 heavy (non-hydrogen) atoms. The number of hydrogen-bond acceptors (Lipinski definition) is 3. The molecule has 0 spiro atoms. The second-order valence-electron chi connectivity index (χ2n) is 3.05. The molecule has 0 fully saturated rings. The number of rotatable bonds is 2. The van der Waals surface area contributed by atoms with E-state index in [-0.39, 0.29) is 5.69 Å². The Hall–Kier alpha value is 0.360. The summed E-state index contributed by atoms with van der Waals surface area (Å²) in [5, 5.41) is 0.406. The Balaban J connectivity index is 2.27. The van der Waals surface area contributed by atoms with Gasteiger partial charge in [0.15, 0.2) is 0 Å². The van der Waals surface area contributed by atoms with Gasteiger partial charge < -0.3 is 0 Å². The molecule has 1 aromatic carbocycles. The molecule has 0 radical (unpaired) electrons. The van der Waals surface area contributed by atoms with Gasteiger partial charge in [0.05, 0.1) is 5.02 Å². The molecule has 0 atom stereocenters. The van der Waals surface area contributed by atoms with Crippen molar-refractivity contribution in [2.45, 2.75) is 12.9 Å². The second kappa shape index (κ2) is 5.55. The summed E-state index contributed by atoms with van der Waals surface area (Å²) in [5.41, 5.74) is 0.285. The van der Waals surface area contributed by atoms with E-state index in [0.29, 0.717) is 5.02 Å². The van der Waals surface area contributed by atoms with Crippen molar-refractivity contribution in [2.75, 3.05) is 0 Å². The van der Waals surface area contributed by atoms with Gasteiger partial charge in [-0.1, -0.05) is 76.4 Å². The fourth-order valence-electron chi connectivity index (χ4n) is 1.10. The Labute approximate surface area is 127 Å². The number of nitrogens with zero attached hydrogens (tertiary/aromatic N) is 1.